The van der Waals surface area contributed by atoms with Crippen molar-refractivity contribution in [3.8, 4) is 0 Å². The van der Waals surface area contributed by atoms with Gasteiger partial charge in [-0.25, -0.2) is 8.42 Å². The predicted octanol–water partition coefficient (Wildman–Crippen LogP) is 1.25. The minimum absolute atomic E-state index is 0.0294. The molecular formula is C20H30N4O4S. The summed E-state index contributed by atoms with van der Waals surface area (Å²) in [6, 6.07) is 3.14. The Morgan fingerprint density at radius 3 is 2.59 bits per heavy atom. The summed E-state index contributed by atoms with van der Waals surface area (Å²) in [5.74, 6) is -0.253. The summed E-state index contributed by atoms with van der Waals surface area (Å²) in [6.07, 6.45) is 6.42. The van der Waals surface area contributed by atoms with Crippen molar-refractivity contribution in [1.29, 1.82) is 0 Å². The second kappa shape index (κ2) is 9.67. The fraction of sp³-hybridized carbons (Fsp3) is 0.650. The van der Waals surface area contributed by atoms with E-state index >= 15 is 0 Å². The topological polar surface area (TPSA) is 99.7 Å². The first-order chi connectivity index (χ1) is 13.9. The second-order valence-electron chi connectivity index (χ2n) is 7.78. The number of carbonyl (C=O) groups excluding carboxylic acids is 2. The number of amides is 2. The minimum Gasteiger partial charge on any atom is -0.356 e. The number of likely N-dealkylation sites (tertiary alicyclic amines) is 1. The van der Waals surface area contributed by atoms with Crippen LogP contribution in [0.5, 0.6) is 0 Å². The van der Waals surface area contributed by atoms with Crippen molar-refractivity contribution in [1.82, 2.24) is 19.5 Å². The van der Waals surface area contributed by atoms with Gasteiger partial charge in [-0.15, -0.1) is 0 Å². The van der Waals surface area contributed by atoms with Crippen LogP contribution >= 0.6 is 0 Å². The van der Waals surface area contributed by atoms with Crippen molar-refractivity contribution < 1.29 is 18.0 Å². The van der Waals surface area contributed by atoms with Crippen molar-refractivity contribution in [3.63, 3.8) is 0 Å². The van der Waals surface area contributed by atoms with Crippen LogP contribution in [0.4, 0.5) is 0 Å². The van der Waals surface area contributed by atoms with E-state index in [9.17, 15) is 18.0 Å². The molecule has 3 rings (SSSR count). The van der Waals surface area contributed by atoms with Gasteiger partial charge in [-0.2, -0.15) is 4.31 Å². The predicted molar refractivity (Wildman–Crippen MR) is 108 cm³/mol. The number of hydrogen-bond donors (Lipinski definition) is 1. The molecule has 1 atom stereocenters. The van der Waals surface area contributed by atoms with Crippen molar-refractivity contribution in [2.45, 2.75) is 43.9 Å². The molecule has 9 heteroatoms. The molecular weight excluding hydrogens is 392 g/mol. The zero-order valence-electron chi connectivity index (χ0n) is 16.9. The van der Waals surface area contributed by atoms with E-state index in [1.165, 1.54) is 16.6 Å². The zero-order chi connectivity index (χ0) is 20.9. The third-order valence-electron chi connectivity index (χ3n) is 5.73. The first kappa shape index (κ1) is 21.7. The number of hydrogen-bond acceptors (Lipinski definition) is 5. The molecule has 0 spiro atoms. The molecule has 0 bridgehead atoms. The number of nitrogens with one attached hydrogen (secondary N) is 1. The van der Waals surface area contributed by atoms with E-state index in [0.29, 0.717) is 45.6 Å². The van der Waals surface area contributed by atoms with Gasteiger partial charge in [0.1, 0.15) is 4.90 Å². The van der Waals surface area contributed by atoms with Gasteiger partial charge in [0.05, 0.1) is 5.92 Å². The van der Waals surface area contributed by atoms with Gasteiger partial charge in [0.15, 0.2) is 0 Å². The van der Waals surface area contributed by atoms with Crippen LogP contribution in [0.3, 0.4) is 0 Å². The Labute approximate surface area is 172 Å². The summed E-state index contributed by atoms with van der Waals surface area (Å²) >= 11 is 0. The third kappa shape index (κ3) is 5.14. The summed E-state index contributed by atoms with van der Waals surface area (Å²) in [6.45, 7) is 4.45. The lowest BCUT2D eigenvalue weighted by atomic mass is 9.92. The molecule has 29 heavy (non-hydrogen) atoms. The average molecular weight is 423 g/mol. The molecule has 1 unspecified atom stereocenters. The normalized spacial score (nSPS) is 21.7. The van der Waals surface area contributed by atoms with E-state index in [-0.39, 0.29) is 28.5 Å². The number of carbonyl (C=O) groups is 2. The monoisotopic (exact) mass is 422 g/mol. The van der Waals surface area contributed by atoms with Gasteiger partial charge >= 0.3 is 0 Å². The lowest BCUT2D eigenvalue weighted by molar-refractivity contribution is -0.140. The highest BCUT2D eigenvalue weighted by atomic mass is 32.2. The van der Waals surface area contributed by atoms with E-state index in [4.69, 9.17) is 0 Å². The number of aromatic nitrogens is 1. The number of sulfonamides is 1. The molecule has 3 heterocycles. The largest absolute Gasteiger partial charge is 0.356 e. The first-order valence-corrected chi connectivity index (χ1v) is 11.8. The standard InChI is InChI=1S/C20H30N4O4S/c1-2-9-22-19(25)17-5-4-11-23(15-17)20(26)16-7-12-24(13-8-16)29(27,28)18-6-3-10-21-14-18/h3,6,10,14,16-17H,2,4-5,7-9,11-13,15H2,1H3,(H,22,25). The molecule has 1 aromatic heterocycles. The second-order valence-corrected chi connectivity index (χ2v) is 9.72. The van der Waals surface area contributed by atoms with Crippen molar-refractivity contribution in [2.75, 3.05) is 32.7 Å². The van der Waals surface area contributed by atoms with Crippen molar-refractivity contribution in [2.24, 2.45) is 11.8 Å². The van der Waals surface area contributed by atoms with E-state index in [2.05, 4.69) is 10.3 Å². The Morgan fingerprint density at radius 2 is 1.93 bits per heavy atom. The van der Waals surface area contributed by atoms with E-state index in [0.717, 1.165) is 19.3 Å². The Morgan fingerprint density at radius 1 is 1.17 bits per heavy atom. The number of rotatable bonds is 6. The Kier molecular flexibility index (Phi) is 7.23. The van der Waals surface area contributed by atoms with Gasteiger partial charge in [0.25, 0.3) is 0 Å². The molecule has 0 saturated carbocycles. The highest BCUT2D eigenvalue weighted by Crippen LogP contribution is 2.27. The van der Waals surface area contributed by atoms with Gasteiger partial charge < -0.3 is 10.2 Å². The summed E-state index contributed by atoms with van der Waals surface area (Å²) in [7, 11) is -3.57. The van der Waals surface area contributed by atoms with Gasteiger partial charge in [0.2, 0.25) is 21.8 Å². The summed E-state index contributed by atoms with van der Waals surface area (Å²) < 4.78 is 26.9. The average Bonchev–Trinajstić information content (AvgIpc) is 2.77. The summed E-state index contributed by atoms with van der Waals surface area (Å²) in [4.78, 5) is 31.1. The Hall–Kier alpha value is -2.00. The molecule has 0 radical (unpaired) electrons. The van der Waals surface area contributed by atoms with Crippen LogP contribution in [0.2, 0.25) is 0 Å². The third-order valence-corrected chi connectivity index (χ3v) is 7.61. The van der Waals surface area contributed by atoms with Crippen LogP contribution in [-0.4, -0.2) is 67.1 Å². The fourth-order valence-electron chi connectivity index (χ4n) is 4.03. The van der Waals surface area contributed by atoms with E-state index < -0.39 is 10.0 Å². The van der Waals surface area contributed by atoms with Gasteiger partial charge in [-0.05, 0) is 44.2 Å². The highest BCUT2D eigenvalue weighted by molar-refractivity contribution is 7.89. The van der Waals surface area contributed by atoms with E-state index in [1.54, 1.807) is 17.2 Å². The maximum absolute atomic E-state index is 13.0. The van der Waals surface area contributed by atoms with E-state index in [1.807, 2.05) is 6.92 Å². The Bertz CT molecular complexity index is 807. The van der Waals surface area contributed by atoms with Crippen LogP contribution in [0.1, 0.15) is 39.0 Å². The zero-order valence-corrected chi connectivity index (χ0v) is 17.7. The molecule has 8 nitrogen and oxygen atoms in total. The molecule has 2 aliphatic heterocycles. The summed E-state index contributed by atoms with van der Waals surface area (Å²) in [5.41, 5.74) is 0. The number of piperidine rings is 2. The van der Waals surface area contributed by atoms with Crippen LogP contribution in [0, 0.1) is 11.8 Å². The smallest absolute Gasteiger partial charge is 0.244 e. The van der Waals surface area contributed by atoms with Crippen LogP contribution < -0.4 is 5.32 Å². The molecule has 2 saturated heterocycles. The van der Waals surface area contributed by atoms with Gasteiger partial charge in [0, 0.05) is 51.0 Å². The minimum atomic E-state index is -3.57. The van der Waals surface area contributed by atoms with Gasteiger partial charge in [-0.3, -0.25) is 14.6 Å². The summed E-state index contributed by atoms with van der Waals surface area (Å²) in [5, 5.41) is 2.92. The fourth-order valence-corrected chi connectivity index (χ4v) is 5.47. The molecule has 0 aliphatic carbocycles. The van der Waals surface area contributed by atoms with Crippen LogP contribution in [0.15, 0.2) is 29.4 Å². The lowest BCUT2D eigenvalue weighted by Gasteiger charge is -2.37. The molecule has 2 aliphatic rings. The molecule has 160 valence electrons. The van der Waals surface area contributed by atoms with Crippen molar-refractivity contribution in [3.05, 3.63) is 24.5 Å². The molecule has 2 fully saturated rings. The SMILES string of the molecule is CCCNC(=O)C1CCCN(C(=O)C2CCN(S(=O)(=O)c3cccnc3)CC2)C1. The molecule has 2 amide bonds. The quantitative estimate of drug-likeness (QED) is 0.744. The maximum atomic E-state index is 13.0. The van der Waals surface area contributed by atoms with Gasteiger partial charge in [-0.1, -0.05) is 6.92 Å². The highest BCUT2D eigenvalue weighted by Gasteiger charge is 2.36. The number of nitrogens with zero attached hydrogens (tertiary/aromatic N) is 3. The van der Waals surface area contributed by atoms with Crippen LogP contribution in [0.25, 0.3) is 0 Å². The van der Waals surface area contributed by atoms with Crippen LogP contribution in [-0.2, 0) is 19.6 Å². The molecule has 0 aromatic carbocycles. The first-order valence-electron chi connectivity index (χ1n) is 10.4. The lowest BCUT2D eigenvalue weighted by Crippen LogP contribution is -2.49. The van der Waals surface area contributed by atoms with Crippen molar-refractivity contribution >= 4 is 21.8 Å². The number of pyridine rings is 1. The molecule has 1 aromatic rings. The maximum Gasteiger partial charge on any atom is 0.244 e. The Balaban J connectivity index is 1.55. The molecule has 1 N–H and O–H groups in total.